The number of fused-ring (bicyclic) bond motifs is 1. The van der Waals surface area contributed by atoms with Crippen molar-refractivity contribution in [3.63, 3.8) is 0 Å². The van der Waals surface area contributed by atoms with Crippen LogP contribution in [0.2, 0.25) is 0 Å². The second kappa shape index (κ2) is 7.02. The summed E-state index contributed by atoms with van der Waals surface area (Å²) in [6.07, 6.45) is 3.33. The number of rotatable bonds is 5. The first kappa shape index (κ1) is 16.3. The highest BCUT2D eigenvalue weighted by atomic mass is 32.2. The minimum Gasteiger partial charge on any atom is -0.461 e. The zero-order chi connectivity index (χ0) is 18.1. The zero-order valence-electron chi connectivity index (χ0n) is 14.0. The molecule has 0 spiro atoms. The summed E-state index contributed by atoms with van der Waals surface area (Å²) in [5, 5.41) is 3.92. The molecule has 7 heteroatoms. The van der Waals surface area contributed by atoms with Crippen LogP contribution >= 0.6 is 23.1 Å². The molecule has 0 atom stereocenters. The highest BCUT2D eigenvalue weighted by Crippen LogP contribution is 2.31. The number of benzene rings is 1. The van der Waals surface area contributed by atoms with Crippen LogP contribution in [0.3, 0.4) is 0 Å². The Morgan fingerprint density at radius 3 is 2.74 bits per heavy atom. The van der Waals surface area contributed by atoms with Crippen molar-refractivity contribution in [2.75, 3.05) is 0 Å². The van der Waals surface area contributed by atoms with Crippen molar-refractivity contribution in [2.24, 2.45) is 0 Å². The molecule has 1 aromatic carbocycles. The molecular weight excluding hydrogens is 378 g/mol. The van der Waals surface area contributed by atoms with Crippen LogP contribution in [0, 0.1) is 0 Å². The summed E-state index contributed by atoms with van der Waals surface area (Å²) in [4.78, 5) is 14.9. The summed E-state index contributed by atoms with van der Waals surface area (Å²) in [5.41, 5.74) is 1.77. The molecule has 0 aliphatic carbocycles. The number of para-hydroxylation sites is 1. The molecule has 0 bridgehead atoms. The Balaban J connectivity index is 1.46. The van der Waals surface area contributed by atoms with Crippen LogP contribution in [0.5, 0.6) is 0 Å². The zero-order valence-corrected chi connectivity index (χ0v) is 15.7. The van der Waals surface area contributed by atoms with Crippen LogP contribution in [0.25, 0.3) is 33.3 Å². The molecule has 27 heavy (non-hydrogen) atoms. The quantitative estimate of drug-likeness (QED) is 0.275. The second-order valence-corrected chi connectivity index (χ2v) is 7.67. The molecule has 5 aromatic rings. The van der Waals surface area contributed by atoms with Crippen LogP contribution in [0.1, 0.15) is 5.69 Å². The molecule has 0 amide bonds. The minimum atomic E-state index is 0.584. The maximum atomic E-state index is 5.61. The van der Waals surface area contributed by atoms with Crippen LogP contribution in [-0.4, -0.2) is 15.0 Å². The average molecular weight is 391 g/mol. The third-order valence-corrected chi connectivity index (χ3v) is 5.83. The molecule has 5 nitrogen and oxygen atoms in total. The number of thioether (sulfide) groups is 1. The third-order valence-electron chi connectivity index (χ3n) is 3.95. The normalized spacial score (nSPS) is 11.3. The van der Waals surface area contributed by atoms with Crippen molar-refractivity contribution >= 4 is 34.0 Å². The van der Waals surface area contributed by atoms with Gasteiger partial charge in [0, 0.05) is 11.1 Å². The number of nitrogens with zero attached hydrogens (tertiary/aromatic N) is 3. The summed E-state index contributed by atoms with van der Waals surface area (Å²) in [7, 11) is 0. The smallest absolute Gasteiger partial charge is 0.236 e. The second-order valence-electron chi connectivity index (χ2n) is 5.76. The van der Waals surface area contributed by atoms with Crippen molar-refractivity contribution in [2.45, 2.75) is 10.8 Å². The SMILES string of the molecule is c1coc(-c2nc(SCc3coc(-c4cccs4)n3)c3ccccc3n2)c1. The van der Waals surface area contributed by atoms with E-state index in [-0.39, 0.29) is 0 Å². The lowest BCUT2D eigenvalue weighted by Gasteiger charge is -2.06. The molecule has 4 heterocycles. The van der Waals surface area contributed by atoms with E-state index in [0.717, 1.165) is 26.5 Å². The van der Waals surface area contributed by atoms with Crippen LogP contribution in [-0.2, 0) is 5.75 Å². The Morgan fingerprint density at radius 1 is 0.926 bits per heavy atom. The summed E-state index contributed by atoms with van der Waals surface area (Å²) in [6, 6.07) is 15.7. The van der Waals surface area contributed by atoms with Crippen molar-refractivity contribution in [1.82, 2.24) is 15.0 Å². The van der Waals surface area contributed by atoms with Gasteiger partial charge in [0.2, 0.25) is 5.89 Å². The highest BCUT2D eigenvalue weighted by Gasteiger charge is 2.13. The summed E-state index contributed by atoms with van der Waals surface area (Å²) in [6.45, 7) is 0. The highest BCUT2D eigenvalue weighted by molar-refractivity contribution is 7.98. The third kappa shape index (κ3) is 3.27. The van der Waals surface area contributed by atoms with Crippen molar-refractivity contribution in [3.8, 4) is 22.4 Å². The van der Waals surface area contributed by atoms with Gasteiger partial charge in [-0.15, -0.1) is 11.3 Å². The number of oxazole rings is 1. The van der Waals surface area contributed by atoms with E-state index in [0.29, 0.717) is 23.2 Å². The summed E-state index contributed by atoms with van der Waals surface area (Å²) < 4.78 is 11.1. The maximum Gasteiger partial charge on any atom is 0.236 e. The van der Waals surface area contributed by atoms with Gasteiger partial charge in [-0.1, -0.05) is 36.0 Å². The van der Waals surface area contributed by atoms with Gasteiger partial charge in [0.1, 0.15) is 11.3 Å². The Bertz CT molecular complexity index is 1180. The first-order valence-corrected chi connectivity index (χ1v) is 10.1. The largest absolute Gasteiger partial charge is 0.461 e. The van der Waals surface area contributed by atoms with Crippen LogP contribution in [0.4, 0.5) is 0 Å². The molecule has 0 saturated carbocycles. The summed E-state index contributed by atoms with van der Waals surface area (Å²) >= 11 is 3.23. The lowest BCUT2D eigenvalue weighted by molar-refractivity contribution is 0.575. The van der Waals surface area contributed by atoms with Gasteiger partial charge in [-0.2, -0.15) is 0 Å². The number of aromatic nitrogens is 3. The standard InChI is InChI=1S/C20H13N3O2S2/c1-2-6-15-14(5-1)20(23-18(22-15)16-7-3-9-24-16)27-12-13-11-25-19(21-13)17-8-4-10-26-17/h1-11H,12H2. The van der Waals surface area contributed by atoms with E-state index in [2.05, 4.69) is 9.97 Å². The molecule has 0 unspecified atom stereocenters. The topological polar surface area (TPSA) is 65.0 Å². The van der Waals surface area contributed by atoms with E-state index in [1.54, 1.807) is 35.6 Å². The van der Waals surface area contributed by atoms with E-state index < -0.39 is 0 Å². The monoisotopic (exact) mass is 391 g/mol. The van der Waals surface area contributed by atoms with E-state index in [1.807, 2.05) is 53.9 Å². The van der Waals surface area contributed by atoms with Gasteiger partial charge in [0.25, 0.3) is 0 Å². The predicted octanol–water partition coefficient (Wildman–Crippen LogP) is 5.90. The number of hydrogen-bond donors (Lipinski definition) is 0. The molecular formula is C20H13N3O2S2. The first-order chi connectivity index (χ1) is 13.4. The molecule has 132 valence electrons. The van der Waals surface area contributed by atoms with Gasteiger partial charge in [0.05, 0.1) is 22.4 Å². The van der Waals surface area contributed by atoms with Crippen LogP contribution in [0.15, 0.2) is 80.3 Å². The van der Waals surface area contributed by atoms with Crippen molar-refractivity contribution in [1.29, 1.82) is 0 Å². The Labute approximate surface area is 163 Å². The number of hydrogen-bond acceptors (Lipinski definition) is 7. The average Bonchev–Trinajstić information content (AvgIpc) is 3.48. The van der Waals surface area contributed by atoms with Gasteiger partial charge >= 0.3 is 0 Å². The van der Waals surface area contributed by atoms with E-state index in [9.17, 15) is 0 Å². The molecule has 0 radical (unpaired) electrons. The minimum absolute atomic E-state index is 0.584. The summed E-state index contributed by atoms with van der Waals surface area (Å²) in [5.74, 6) is 2.56. The van der Waals surface area contributed by atoms with Gasteiger partial charge in [-0.3, -0.25) is 0 Å². The van der Waals surface area contributed by atoms with E-state index in [1.165, 1.54) is 0 Å². The molecule has 4 aromatic heterocycles. The van der Waals surface area contributed by atoms with Gasteiger partial charge < -0.3 is 8.83 Å². The fraction of sp³-hybridized carbons (Fsp3) is 0.0500. The van der Waals surface area contributed by atoms with E-state index >= 15 is 0 Å². The Kier molecular flexibility index (Phi) is 4.23. The maximum absolute atomic E-state index is 5.61. The molecule has 0 aliphatic rings. The Morgan fingerprint density at radius 2 is 1.89 bits per heavy atom. The van der Waals surface area contributed by atoms with Gasteiger partial charge in [-0.05, 0) is 29.6 Å². The van der Waals surface area contributed by atoms with Gasteiger partial charge in [-0.25, -0.2) is 15.0 Å². The molecule has 0 fully saturated rings. The lowest BCUT2D eigenvalue weighted by atomic mass is 10.2. The lowest BCUT2D eigenvalue weighted by Crippen LogP contribution is -1.93. The number of furan rings is 1. The first-order valence-electron chi connectivity index (χ1n) is 8.28. The fourth-order valence-corrected chi connectivity index (χ4v) is 4.25. The molecule has 0 saturated heterocycles. The predicted molar refractivity (Wildman–Crippen MR) is 107 cm³/mol. The van der Waals surface area contributed by atoms with Crippen LogP contribution < -0.4 is 0 Å². The fourth-order valence-electron chi connectivity index (χ4n) is 2.70. The number of thiophene rings is 1. The van der Waals surface area contributed by atoms with Gasteiger partial charge in [0.15, 0.2) is 11.6 Å². The molecule has 0 N–H and O–H groups in total. The molecule has 0 aliphatic heterocycles. The molecule has 5 rings (SSSR count). The Hall–Kier alpha value is -2.90. The van der Waals surface area contributed by atoms with Crippen molar-refractivity contribution in [3.05, 3.63) is 72.1 Å². The van der Waals surface area contributed by atoms with Crippen molar-refractivity contribution < 1.29 is 8.83 Å². The van der Waals surface area contributed by atoms with E-state index in [4.69, 9.17) is 13.8 Å².